The third-order valence-corrected chi connectivity index (χ3v) is 3.64. The Kier molecular flexibility index (Phi) is 4.90. The van der Waals surface area contributed by atoms with E-state index in [1.807, 2.05) is 31.2 Å². The smallest absolute Gasteiger partial charge is 0.274 e. The highest BCUT2D eigenvalue weighted by Crippen LogP contribution is 2.27. The fourth-order valence-electron chi connectivity index (χ4n) is 2.08. The van der Waals surface area contributed by atoms with Crippen molar-refractivity contribution in [1.29, 1.82) is 0 Å². The number of nitro groups is 1. The van der Waals surface area contributed by atoms with E-state index in [0.717, 1.165) is 22.5 Å². The van der Waals surface area contributed by atoms with Crippen LogP contribution in [0, 0.1) is 15.9 Å². The molecule has 0 heterocycles. The van der Waals surface area contributed by atoms with Crippen LogP contribution in [0.15, 0.2) is 46.9 Å². The van der Waals surface area contributed by atoms with Crippen molar-refractivity contribution < 1.29 is 9.31 Å². The number of halogens is 2. The molecule has 1 N–H and O–H groups in total. The lowest BCUT2D eigenvalue weighted by molar-refractivity contribution is -0.385. The van der Waals surface area contributed by atoms with E-state index in [-0.39, 0.29) is 11.7 Å². The summed E-state index contributed by atoms with van der Waals surface area (Å²) in [7, 11) is 0. The average molecular weight is 353 g/mol. The van der Waals surface area contributed by atoms with Crippen LogP contribution in [0.5, 0.6) is 0 Å². The van der Waals surface area contributed by atoms with Crippen molar-refractivity contribution in [3.8, 4) is 0 Å². The number of non-ortho nitro benzene ring substituents is 1. The van der Waals surface area contributed by atoms with E-state index in [1.165, 1.54) is 12.1 Å². The first-order valence-electron chi connectivity index (χ1n) is 6.46. The van der Waals surface area contributed by atoms with Crippen molar-refractivity contribution >= 4 is 27.3 Å². The van der Waals surface area contributed by atoms with Gasteiger partial charge in [-0.05, 0) is 30.2 Å². The first-order valence-corrected chi connectivity index (χ1v) is 7.26. The quantitative estimate of drug-likeness (QED) is 0.604. The molecule has 2 rings (SSSR count). The number of nitro benzene ring substituents is 1. The van der Waals surface area contributed by atoms with E-state index in [2.05, 4.69) is 21.2 Å². The van der Waals surface area contributed by atoms with Gasteiger partial charge in [0.05, 0.1) is 17.0 Å². The molecule has 21 heavy (non-hydrogen) atoms. The fourth-order valence-corrected chi connectivity index (χ4v) is 2.34. The van der Waals surface area contributed by atoms with E-state index in [9.17, 15) is 14.5 Å². The van der Waals surface area contributed by atoms with Crippen LogP contribution in [-0.2, 0) is 0 Å². The van der Waals surface area contributed by atoms with Crippen LogP contribution in [0.4, 0.5) is 15.8 Å². The summed E-state index contributed by atoms with van der Waals surface area (Å²) < 4.78 is 14.4. The average Bonchev–Trinajstić information content (AvgIpc) is 2.45. The largest absolute Gasteiger partial charge is 0.378 e. The van der Waals surface area contributed by atoms with Crippen molar-refractivity contribution in [1.82, 2.24) is 0 Å². The lowest BCUT2D eigenvalue weighted by Crippen LogP contribution is -2.10. The first kappa shape index (κ1) is 15.4. The minimum Gasteiger partial charge on any atom is -0.378 e. The number of benzene rings is 2. The number of anilines is 1. The normalized spacial score (nSPS) is 12.0. The van der Waals surface area contributed by atoms with Gasteiger partial charge in [0.2, 0.25) is 0 Å². The van der Waals surface area contributed by atoms with Crippen molar-refractivity contribution in [2.45, 2.75) is 19.4 Å². The van der Waals surface area contributed by atoms with Gasteiger partial charge in [-0.2, -0.15) is 0 Å². The number of nitrogens with zero attached hydrogens (tertiary/aromatic N) is 1. The molecule has 2 aromatic carbocycles. The zero-order valence-electron chi connectivity index (χ0n) is 11.3. The molecule has 4 nitrogen and oxygen atoms in total. The van der Waals surface area contributed by atoms with E-state index < -0.39 is 10.7 Å². The highest BCUT2D eigenvalue weighted by atomic mass is 79.9. The highest BCUT2D eigenvalue weighted by Gasteiger charge is 2.13. The van der Waals surface area contributed by atoms with Crippen molar-refractivity contribution in [3.63, 3.8) is 0 Å². The van der Waals surface area contributed by atoms with Gasteiger partial charge in [-0.25, -0.2) is 4.39 Å². The third kappa shape index (κ3) is 4.01. The maximum atomic E-state index is 13.4. The van der Waals surface area contributed by atoms with Gasteiger partial charge in [-0.1, -0.05) is 35.0 Å². The Morgan fingerprint density at radius 2 is 1.95 bits per heavy atom. The molecule has 0 aliphatic rings. The van der Waals surface area contributed by atoms with E-state index >= 15 is 0 Å². The standard InChI is InChI=1S/C15H14BrFN2O2/c1-2-15(10-3-5-11(16)6-4-10)18-13-7-12(17)8-14(9-13)19(20)21/h3-9,15,18H,2H2,1H3. The Morgan fingerprint density at radius 1 is 1.29 bits per heavy atom. The zero-order chi connectivity index (χ0) is 15.4. The van der Waals surface area contributed by atoms with Crippen LogP contribution in [0.1, 0.15) is 24.9 Å². The molecule has 0 amide bonds. The van der Waals surface area contributed by atoms with Crippen molar-refractivity contribution in [2.75, 3.05) is 5.32 Å². The van der Waals surface area contributed by atoms with Gasteiger partial charge in [0.1, 0.15) is 5.82 Å². The van der Waals surface area contributed by atoms with E-state index in [4.69, 9.17) is 0 Å². The van der Waals surface area contributed by atoms with Gasteiger partial charge in [0.15, 0.2) is 0 Å². The predicted molar refractivity (Wildman–Crippen MR) is 83.9 cm³/mol. The summed E-state index contributed by atoms with van der Waals surface area (Å²) >= 11 is 3.37. The van der Waals surface area contributed by atoms with Crippen LogP contribution >= 0.6 is 15.9 Å². The SMILES string of the molecule is CCC(Nc1cc(F)cc([N+](=O)[O-])c1)c1ccc(Br)cc1. The van der Waals surface area contributed by atoms with Crippen LogP contribution in [0.25, 0.3) is 0 Å². The molecule has 0 aliphatic heterocycles. The van der Waals surface area contributed by atoms with Gasteiger partial charge in [-0.15, -0.1) is 0 Å². The Bertz CT molecular complexity index is 647. The van der Waals surface area contributed by atoms with Gasteiger partial charge in [0.25, 0.3) is 5.69 Å². The first-order chi connectivity index (χ1) is 9.99. The van der Waals surface area contributed by atoms with Crippen LogP contribution in [0.2, 0.25) is 0 Å². The highest BCUT2D eigenvalue weighted by molar-refractivity contribution is 9.10. The number of rotatable bonds is 5. The minimum absolute atomic E-state index is 0.0421. The summed E-state index contributed by atoms with van der Waals surface area (Å²) in [5, 5.41) is 13.9. The topological polar surface area (TPSA) is 55.2 Å². The van der Waals surface area contributed by atoms with Crippen molar-refractivity contribution in [3.05, 3.63) is 68.4 Å². The monoisotopic (exact) mass is 352 g/mol. The molecule has 0 saturated heterocycles. The summed E-state index contributed by atoms with van der Waals surface area (Å²) in [4.78, 5) is 10.2. The maximum Gasteiger partial charge on any atom is 0.274 e. The summed E-state index contributed by atoms with van der Waals surface area (Å²) in [6.45, 7) is 1.99. The van der Waals surface area contributed by atoms with Gasteiger partial charge < -0.3 is 5.32 Å². The van der Waals surface area contributed by atoms with Gasteiger partial charge in [0, 0.05) is 16.2 Å². The van der Waals surface area contributed by atoms with Gasteiger partial charge in [-0.3, -0.25) is 10.1 Å². The van der Waals surface area contributed by atoms with Gasteiger partial charge >= 0.3 is 0 Å². The number of nitrogens with one attached hydrogen (secondary N) is 1. The number of hydrogen-bond acceptors (Lipinski definition) is 3. The van der Waals surface area contributed by atoms with Crippen molar-refractivity contribution in [2.24, 2.45) is 0 Å². The Morgan fingerprint density at radius 3 is 2.52 bits per heavy atom. The van der Waals surface area contributed by atoms with Crippen LogP contribution in [-0.4, -0.2) is 4.92 Å². The molecular formula is C15H14BrFN2O2. The molecular weight excluding hydrogens is 339 g/mol. The second kappa shape index (κ2) is 6.67. The molecule has 0 spiro atoms. The van der Waals surface area contributed by atoms with Crippen LogP contribution in [0.3, 0.4) is 0 Å². The van der Waals surface area contributed by atoms with E-state index in [0.29, 0.717) is 5.69 Å². The molecule has 6 heteroatoms. The third-order valence-electron chi connectivity index (χ3n) is 3.11. The molecule has 0 aliphatic carbocycles. The Hall–Kier alpha value is -1.95. The van der Waals surface area contributed by atoms with Crippen LogP contribution < -0.4 is 5.32 Å². The lowest BCUT2D eigenvalue weighted by Gasteiger charge is -2.19. The number of hydrogen-bond donors (Lipinski definition) is 1. The molecule has 1 atom stereocenters. The molecule has 0 bridgehead atoms. The zero-order valence-corrected chi connectivity index (χ0v) is 12.9. The summed E-state index contributed by atoms with van der Waals surface area (Å²) in [5.74, 6) is -0.627. The lowest BCUT2D eigenvalue weighted by atomic mass is 10.0. The van der Waals surface area contributed by atoms with E-state index in [1.54, 1.807) is 0 Å². The molecule has 0 saturated carbocycles. The Balaban J connectivity index is 2.26. The molecule has 0 fully saturated rings. The molecule has 110 valence electrons. The summed E-state index contributed by atoms with van der Waals surface area (Å²) in [5.41, 5.74) is 1.17. The molecule has 0 aromatic heterocycles. The minimum atomic E-state index is -0.627. The fraction of sp³-hybridized carbons (Fsp3) is 0.200. The summed E-state index contributed by atoms with van der Waals surface area (Å²) in [6.07, 6.45) is 0.770. The second-order valence-electron chi connectivity index (χ2n) is 4.61. The molecule has 2 aromatic rings. The molecule has 1 unspecified atom stereocenters. The second-order valence-corrected chi connectivity index (χ2v) is 5.53. The summed E-state index contributed by atoms with van der Waals surface area (Å²) in [6, 6.07) is 11.2. The Labute approximate surface area is 130 Å². The molecule has 0 radical (unpaired) electrons. The maximum absolute atomic E-state index is 13.4. The predicted octanol–water partition coefficient (Wildman–Crippen LogP) is 5.06.